The van der Waals surface area contributed by atoms with E-state index in [1.807, 2.05) is 24.3 Å². The summed E-state index contributed by atoms with van der Waals surface area (Å²) < 4.78 is 41.2. The summed E-state index contributed by atoms with van der Waals surface area (Å²) in [6, 6.07) is 39.6. The summed E-state index contributed by atoms with van der Waals surface area (Å²) >= 11 is -5.20. The number of carbonyl (C=O) groups is 2. The van der Waals surface area contributed by atoms with Crippen LogP contribution in [0.15, 0.2) is 133 Å². The first-order valence-corrected chi connectivity index (χ1v) is 22.7. The van der Waals surface area contributed by atoms with Crippen molar-refractivity contribution in [2.24, 2.45) is 0 Å². The first kappa shape index (κ1) is 31.1. The molecule has 0 bridgehead atoms. The predicted molar refractivity (Wildman–Crippen MR) is 188 cm³/mol. The molecular weight excluding hydrogens is 682 g/mol. The van der Waals surface area contributed by atoms with E-state index in [1.54, 1.807) is 0 Å². The second-order valence-corrected chi connectivity index (χ2v) is 22.7. The van der Waals surface area contributed by atoms with E-state index in [2.05, 4.69) is 73.8 Å². The van der Waals surface area contributed by atoms with E-state index in [0.717, 1.165) is 44.5 Å². The molecule has 0 spiro atoms. The third-order valence-electron chi connectivity index (χ3n) is 10.7. The number of carbonyl (C=O) groups excluding carboxylic acids is 2. The molecule has 0 saturated heterocycles. The molecule has 0 radical (unpaired) electrons. The molecule has 6 aromatic rings. The van der Waals surface area contributed by atoms with Crippen LogP contribution in [0, 0.1) is 11.6 Å². The van der Waals surface area contributed by atoms with E-state index >= 15 is 0 Å². The summed E-state index contributed by atoms with van der Waals surface area (Å²) in [6.45, 7) is 4.74. The van der Waals surface area contributed by atoms with Crippen LogP contribution in [0.1, 0.15) is 51.4 Å². The van der Waals surface area contributed by atoms with E-state index in [1.165, 1.54) is 58.9 Å². The SMILES string of the molecule is C[Si]1(C)c2cccc3c2[CH](c2ccccc2-3)[Ti]([O]C(=O)c2ccc(F)cc2)([O]C(=O)c2ccc(F)cc2)[CH]2c3ccccc3-c3cccc1c32. The van der Waals surface area contributed by atoms with Crippen molar-refractivity contribution in [1.82, 2.24) is 0 Å². The quantitative estimate of drug-likeness (QED) is 0.172. The Kier molecular flexibility index (Phi) is 7.01. The Morgan fingerprint density at radius 3 is 1.32 bits per heavy atom. The zero-order valence-electron chi connectivity index (χ0n) is 27.2. The zero-order valence-corrected chi connectivity index (χ0v) is 29.8. The van der Waals surface area contributed by atoms with Crippen molar-refractivity contribution >= 4 is 30.4 Å². The number of halogens is 2. The van der Waals surface area contributed by atoms with Gasteiger partial charge in [0, 0.05) is 0 Å². The zero-order chi connectivity index (χ0) is 34.4. The summed E-state index contributed by atoms with van der Waals surface area (Å²) in [5.41, 5.74) is 8.42. The van der Waals surface area contributed by atoms with Gasteiger partial charge in [-0.1, -0.05) is 0 Å². The monoisotopic (exact) mass is 712 g/mol. The molecule has 3 aliphatic rings. The topological polar surface area (TPSA) is 52.6 Å². The molecule has 1 aliphatic heterocycles. The first-order chi connectivity index (χ1) is 24.2. The Balaban J connectivity index is 1.42. The molecule has 0 saturated carbocycles. The van der Waals surface area contributed by atoms with Crippen LogP contribution in [0.2, 0.25) is 13.1 Å². The molecule has 0 amide bonds. The van der Waals surface area contributed by atoms with Crippen LogP contribution in [0.3, 0.4) is 0 Å². The van der Waals surface area contributed by atoms with Crippen LogP contribution in [-0.2, 0) is 24.0 Å². The average molecular weight is 713 g/mol. The third-order valence-corrected chi connectivity index (χ3v) is 20.3. The fourth-order valence-electron chi connectivity index (χ4n) is 8.59. The van der Waals surface area contributed by atoms with Gasteiger partial charge in [-0.05, 0) is 0 Å². The average Bonchev–Trinajstić information content (AvgIpc) is 3.65. The molecule has 244 valence electrons. The molecule has 2 atom stereocenters. The third kappa shape index (κ3) is 4.43. The fraction of sp³-hybridized carbons (Fsp3) is 0.0952. The first-order valence-electron chi connectivity index (χ1n) is 16.6. The Morgan fingerprint density at radius 1 is 0.520 bits per heavy atom. The molecule has 9 rings (SSSR count). The molecule has 0 aromatic heterocycles. The molecule has 50 heavy (non-hydrogen) atoms. The van der Waals surface area contributed by atoms with Crippen molar-refractivity contribution in [3.05, 3.63) is 178 Å². The standard InChI is InChI=1S/C28H22Si.2C7H5FO2.Ti/c1-29(2,27-15-7-13-23-21-11-5-3-9-19(21)17-25(23)27)28-16-8-14-24-22-12-6-4-10-20(22)18-26(24)28;2*8-6-3-1-5(2-4-6)7(9)10;/h3-18H,1-2H3;2*1-4H,(H,9,10);/q;;;+2/p-2. The molecule has 1 heterocycles. The van der Waals surface area contributed by atoms with Crippen LogP contribution in [0.5, 0.6) is 0 Å². The van der Waals surface area contributed by atoms with E-state index < -0.39 is 57.5 Å². The summed E-state index contributed by atoms with van der Waals surface area (Å²) in [6.07, 6.45) is 0. The number of benzene rings is 6. The van der Waals surface area contributed by atoms with Crippen molar-refractivity contribution < 1.29 is 42.4 Å². The molecule has 4 nitrogen and oxygen atoms in total. The number of hydrogen-bond acceptors (Lipinski definition) is 4. The van der Waals surface area contributed by atoms with Crippen LogP contribution in [0.25, 0.3) is 22.3 Å². The Hall–Kier alpha value is -4.95. The van der Waals surface area contributed by atoms with Gasteiger partial charge in [-0.2, -0.15) is 0 Å². The second kappa shape index (κ2) is 11.3. The number of rotatable bonds is 4. The maximum atomic E-state index is 14.6. The van der Waals surface area contributed by atoms with Crippen LogP contribution in [-0.4, -0.2) is 20.0 Å². The number of hydrogen-bond donors (Lipinski definition) is 0. The molecular formula is C42H30F2O4SiTi. The normalized spacial score (nSPS) is 18.1. The van der Waals surface area contributed by atoms with Gasteiger partial charge in [0.05, 0.1) is 0 Å². The van der Waals surface area contributed by atoms with E-state index in [0.29, 0.717) is 0 Å². The number of fused-ring (bicyclic) bond motifs is 6. The molecule has 2 aliphatic carbocycles. The van der Waals surface area contributed by atoms with Gasteiger partial charge >= 0.3 is 295 Å². The van der Waals surface area contributed by atoms with Gasteiger partial charge in [-0.3, -0.25) is 0 Å². The Bertz CT molecular complexity index is 2220. The summed E-state index contributed by atoms with van der Waals surface area (Å²) in [7, 11) is -2.48. The van der Waals surface area contributed by atoms with Crippen LogP contribution >= 0.6 is 0 Å². The van der Waals surface area contributed by atoms with E-state index in [-0.39, 0.29) is 11.1 Å². The predicted octanol–water partition coefficient (Wildman–Crippen LogP) is 8.64. The second-order valence-electron chi connectivity index (χ2n) is 13.7. The van der Waals surface area contributed by atoms with E-state index in [9.17, 15) is 18.4 Å². The minimum atomic E-state index is -5.20. The van der Waals surface area contributed by atoms with Crippen LogP contribution < -0.4 is 10.4 Å². The fourth-order valence-corrected chi connectivity index (χ4v) is 19.2. The van der Waals surface area contributed by atoms with Gasteiger partial charge in [-0.15, -0.1) is 0 Å². The molecule has 0 fully saturated rings. The van der Waals surface area contributed by atoms with Crippen molar-refractivity contribution in [2.45, 2.75) is 21.5 Å². The van der Waals surface area contributed by atoms with Gasteiger partial charge in [0.25, 0.3) is 0 Å². The van der Waals surface area contributed by atoms with Crippen molar-refractivity contribution in [2.75, 3.05) is 0 Å². The van der Waals surface area contributed by atoms with Gasteiger partial charge in [0.2, 0.25) is 0 Å². The Labute approximate surface area is 293 Å². The molecule has 8 heteroatoms. The van der Waals surface area contributed by atoms with Crippen molar-refractivity contribution in [1.29, 1.82) is 0 Å². The van der Waals surface area contributed by atoms with Crippen LogP contribution in [0.4, 0.5) is 8.78 Å². The van der Waals surface area contributed by atoms with Gasteiger partial charge < -0.3 is 0 Å². The van der Waals surface area contributed by atoms with Crippen molar-refractivity contribution in [3.63, 3.8) is 0 Å². The summed E-state index contributed by atoms with van der Waals surface area (Å²) in [4.78, 5) is 29.2. The van der Waals surface area contributed by atoms with Gasteiger partial charge in [0.15, 0.2) is 0 Å². The summed E-state index contributed by atoms with van der Waals surface area (Å²) in [5, 5.41) is 2.40. The van der Waals surface area contributed by atoms with Gasteiger partial charge in [0.1, 0.15) is 0 Å². The molecule has 6 aromatic carbocycles. The van der Waals surface area contributed by atoms with E-state index in [4.69, 9.17) is 6.64 Å². The minimum absolute atomic E-state index is 0.158. The van der Waals surface area contributed by atoms with Crippen molar-refractivity contribution in [3.8, 4) is 22.3 Å². The van der Waals surface area contributed by atoms with Gasteiger partial charge in [-0.25, -0.2) is 0 Å². The molecule has 2 unspecified atom stereocenters. The molecule has 0 N–H and O–H groups in total. The Morgan fingerprint density at radius 2 is 0.900 bits per heavy atom. The summed E-state index contributed by atoms with van der Waals surface area (Å²) in [5.74, 6) is -2.32. The maximum absolute atomic E-state index is 14.6.